The molecule has 1 spiro atoms. The van der Waals surface area contributed by atoms with E-state index in [1.807, 2.05) is 32.3 Å². The van der Waals surface area contributed by atoms with Gasteiger partial charge in [0.25, 0.3) is 11.5 Å². The number of nitrogens with zero attached hydrogens (tertiary/aromatic N) is 6. The molecule has 1 atom stereocenters. The number of hydrogen-bond acceptors (Lipinski definition) is 9. The molecule has 2 N–H and O–H groups in total. The summed E-state index contributed by atoms with van der Waals surface area (Å²) in [6, 6.07) is 5.52. The molecule has 0 bridgehead atoms. The third-order valence-electron chi connectivity index (χ3n) is 9.16. The zero-order valence-electron chi connectivity index (χ0n) is 28.4. The van der Waals surface area contributed by atoms with Crippen LogP contribution >= 0.6 is 23.4 Å². The lowest BCUT2D eigenvalue weighted by Crippen LogP contribution is -2.47. The van der Waals surface area contributed by atoms with Crippen LogP contribution in [0, 0.1) is 0 Å². The van der Waals surface area contributed by atoms with Crippen LogP contribution in [0.2, 0.25) is 5.02 Å². The van der Waals surface area contributed by atoms with Crippen molar-refractivity contribution in [1.29, 1.82) is 0 Å². The van der Waals surface area contributed by atoms with Crippen LogP contribution in [0.5, 0.6) is 5.75 Å². The fourth-order valence-corrected chi connectivity index (χ4v) is 7.28. The highest BCUT2D eigenvalue weighted by atomic mass is 35.5. The van der Waals surface area contributed by atoms with Crippen LogP contribution in [0.4, 0.5) is 18.9 Å². The van der Waals surface area contributed by atoms with Gasteiger partial charge in [-0.3, -0.25) is 14.4 Å². The molecule has 3 aliphatic rings. The van der Waals surface area contributed by atoms with Crippen LogP contribution in [-0.4, -0.2) is 65.3 Å². The fraction of sp³-hybridized carbons (Fsp3) is 0.371. The Balaban J connectivity index is 0.00000228. The number of aromatic nitrogens is 5. The van der Waals surface area contributed by atoms with E-state index in [-0.39, 0.29) is 72.9 Å². The van der Waals surface area contributed by atoms with E-state index in [4.69, 9.17) is 21.3 Å². The lowest BCUT2D eigenvalue weighted by Gasteiger charge is -2.38. The number of hydrogen-bond donors (Lipinski definition) is 2. The lowest BCUT2D eigenvalue weighted by atomic mass is 9.85. The van der Waals surface area contributed by atoms with Crippen molar-refractivity contribution in [3.8, 4) is 5.75 Å². The first-order chi connectivity index (χ1) is 24.9. The summed E-state index contributed by atoms with van der Waals surface area (Å²) in [5, 5.41) is 17.1. The van der Waals surface area contributed by atoms with Gasteiger partial charge in [-0.2, -0.15) is 22.7 Å². The Morgan fingerprint density at radius 2 is 1.94 bits per heavy atom. The van der Waals surface area contributed by atoms with Crippen LogP contribution in [-0.2, 0) is 34.5 Å². The van der Waals surface area contributed by atoms with E-state index in [1.165, 1.54) is 27.8 Å². The van der Waals surface area contributed by atoms with Crippen molar-refractivity contribution in [2.75, 3.05) is 24.7 Å². The van der Waals surface area contributed by atoms with Crippen molar-refractivity contribution in [1.82, 2.24) is 29.0 Å². The van der Waals surface area contributed by atoms with Gasteiger partial charge in [0.2, 0.25) is 11.7 Å². The second kappa shape index (κ2) is 14.8. The van der Waals surface area contributed by atoms with Crippen molar-refractivity contribution in [2.24, 2.45) is 0 Å². The zero-order chi connectivity index (χ0) is 37.4. The van der Waals surface area contributed by atoms with Gasteiger partial charge in [-0.15, -0.1) is 16.9 Å². The average Bonchev–Trinajstić information content (AvgIpc) is 3.75. The molecule has 12 nitrogen and oxygen atoms in total. The van der Waals surface area contributed by atoms with Gasteiger partial charge in [0.1, 0.15) is 17.9 Å². The monoisotopic (exact) mass is 757 g/mol. The maximum atomic E-state index is 14.3. The second-order valence-corrected chi connectivity index (χ2v) is 13.4. The van der Waals surface area contributed by atoms with E-state index < -0.39 is 34.7 Å². The van der Waals surface area contributed by atoms with Crippen LogP contribution < -0.4 is 10.9 Å². The van der Waals surface area contributed by atoms with E-state index in [1.54, 1.807) is 11.8 Å². The van der Waals surface area contributed by atoms with Gasteiger partial charge in [-0.25, -0.2) is 4.98 Å². The molecule has 1 aliphatic carbocycles. The summed E-state index contributed by atoms with van der Waals surface area (Å²) in [5.74, 6) is -1.08. The highest BCUT2D eigenvalue weighted by Crippen LogP contribution is 2.43. The van der Waals surface area contributed by atoms with E-state index in [9.17, 15) is 32.7 Å². The summed E-state index contributed by atoms with van der Waals surface area (Å²) in [5.41, 5.74) is -1.93. The third-order valence-corrected chi connectivity index (χ3v) is 10.2. The lowest BCUT2D eigenvalue weighted by molar-refractivity contribution is -0.137. The number of ether oxygens (including phenoxy) is 1. The maximum absolute atomic E-state index is 14.3. The number of thioether (sulfide) groups is 1. The van der Waals surface area contributed by atoms with E-state index >= 15 is 0 Å². The number of aromatic hydroxyl groups is 1. The maximum Gasteiger partial charge on any atom is 0.416 e. The molecule has 5 heterocycles. The van der Waals surface area contributed by atoms with Crippen molar-refractivity contribution in [3.63, 3.8) is 0 Å². The minimum Gasteiger partial charge on any atom is -0.505 e. The van der Waals surface area contributed by atoms with Crippen LogP contribution in [0.1, 0.15) is 72.2 Å². The van der Waals surface area contributed by atoms with Gasteiger partial charge in [-0.05, 0) is 55.9 Å². The smallest absolute Gasteiger partial charge is 0.416 e. The predicted octanol–water partition coefficient (Wildman–Crippen LogP) is 6.28. The summed E-state index contributed by atoms with van der Waals surface area (Å²) in [4.78, 5) is 52.3. The Morgan fingerprint density at radius 3 is 2.58 bits per heavy atom. The number of amides is 2. The third kappa shape index (κ3) is 6.94. The number of benzene rings is 1. The Hall–Kier alpha value is -4.67. The Bertz CT molecular complexity index is 2160. The van der Waals surface area contributed by atoms with Gasteiger partial charge >= 0.3 is 6.18 Å². The summed E-state index contributed by atoms with van der Waals surface area (Å²) in [7, 11) is 0. The number of fused-ring (bicyclic) bond motifs is 3. The van der Waals surface area contributed by atoms with E-state index in [0.29, 0.717) is 23.5 Å². The van der Waals surface area contributed by atoms with Gasteiger partial charge in [0.15, 0.2) is 11.5 Å². The molecule has 1 saturated heterocycles. The number of allylic oxidation sites excluding steroid dienone is 3. The number of nitrogens with one attached hydrogen (secondary N) is 1. The molecule has 7 rings (SSSR count). The number of alkyl halides is 3. The first-order valence-electron chi connectivity index (χ1n) is 16.6. The molecule has 2 amide bonds. The number of piperidine rings is 1. The minimum atomic E-state index is -4.61. The molecule has 274 valence electrons. The molecule has 1 unspecified atom stereocenters. The zero-order valence-corrected chi connectivity index (χ0v) is 30.0. The van der Waals surface area contributed by atoms with Crippen LogP contribution in [0.3, 0.4) is 0 Å². The molecule has 3 aromatic heterocycles. The summed E-state index contributed by atoms with van der Waals surface area (Å²) >= 11 is 7.72. The van der Waals surface area contributed by atoms with Crippen LogP contribution in [0.15, 0.2) is 64.5 Å². The van der Waals surface area contributed by atoms with Crippen molar-refractivity contribution in [3.05, 3.63) is 103 Å². The molecular weight excluding hydrogens is 723 g/mol. The highest BCUT2D eigenvalue weighted by molar-refractivity contribution is 8.02. The molecule has 0 radical (unpaired) electrons. The topological polar surface area (TPSA) is 144 Å². The highest BCUT2D eigenvalue weighted by Gasteiger charge is 2.48. The standard InChI is InChI=1S/C33H29ClF3N7O5S.C2H6/c1-50-20-7-4-18(5-8-20)28-40-31-43(16-25(46)39-22-9-6-19(15-21(22)34)33(35,36)37)23-17-49-32(26(23)29(47)44(31)41-28)10-13-42(14-11-32)30(48)27-24(45)3-2-12-38-27;1-2/h2-4,6-9,12,15,18,45H,5,10-11,13-14,16-17H2,1H3,(H,39,46);1-2H3. The normalized spacial score (nSPS) is 17.8. The number of likely N-dealkylation sites (tertiary alicyclic amines) is 1. The molecule has 4 aromatic rings. The average molecular weight is 758 g/mol. The molecule has 1 aromatic carbocycles. The Labute approximate surface area is 305 Å². The summed E-state index contributed by atoms with van der Waals surface area (Å²) < 4.78 is 48.6. The Morgan fingerprint density at radius 1 is 1.19 bits per heavy atom. The first kappa shape index (κ1) is 37.1. The number of carbonyl (C=O) groups excluding carboxylic acids is 2. The van der Waals surface area contributed by atoms with Crippen molar-refractivity contribution in [2.45, 2.75) is 64.0 Å². The molecule has 2 aliphatic heterocycles. The molecule has 17 heteroatoms. The van der Waals surface area contributed by atoms with Gasteiger partial charge in [0, 0.05) is 30.1 Å². The van der Waals surface area contributed by atoms with Crippen molar-refractivity contribution < 1.29 is 32.6 Å². The number of anilines is 1. The van der Waals surface area contributed by atoms with E-state index in [0.717, 1.165) is 27.6 Å². The van der Waals surface area contributed by atoms with Gasteiger partial charge in [0.05, 0.1) is 34.1 Å². The Kier molecular flexibility index (Phi) is 10.5. The summed E-state index contributed by atoms with van der Waals surface area (Å²) in [6.07, 6.45) is 5.82. The number of rotatable bonds is 6. The minimum absolute atomic E-state index is 0.0204. The molecule has 0 saturated carbocycles. The fourth-order valence-electron chi connectivity index (χ4n) is 6.57. The second-order valence-electron chi connectivity index (χ2n) is 12.1. The molecular formula is C35H35ClF3N7O5S. The van der Waals surface area contributed by atoms with Gasteiger partial charge in [-0.1, -0.05) is 43.7 Å². The number of pyridine rings is 1. The quantitative estimate of drug-likeness (QED) is 0.232. The summed E-state index contributed by atoms with van der Waals surface area (Å²) in [6.45, 7) is 3.95. The molecule has 52 heavy (non-hydrogen) atoms. The van der Waals surface area contributed by atoms with Crippen LogP contribution in [0.25, 0.3) is 5.78 Å². The first-order valence-corrected chi connectivity index (χ1v) is 18.2. The largest absolute Gasteiger partial charge is 0.505 e. The van der Waals surface area contributed by atoms with Crippen molar-refractivity contribution >= 4 is 46.6 Å². The number of halogens is 4. The van der Waals surface area contributed by atoms with E-state index in [2.05, 4.69) is 21.5 Å². The molecule has 1 fully saturated rings. The SMILES string of the molecule is CC.CSC1=CCC(c2nc3n(CC(=O)Nc4ccc(C(F)(F)F)cc4Cl)c4c(c(=O)n3n2)C2(CCN(C(=O)c3ncccc3O)CC2)OC4)C=C1. The van der Waals surface area contributed by atoms with Gasteiger partial charge < -0.3 is 24.6 Å². The predicted molar refractivity (Wildman–Crippen MR) is 189 cm³/mol. The number of carbonyl (C=O) groups is 2.